The number of cyclic esters (lactones) is 2. The standard InChI is InChI=1S/C26H29NO4S/c1-16-19(3-4-20-22(16)13-30-25(20)28)9-12-27-10-7-18(8-11-27)15-32-24-6-5-21-23(17(24)2)14-31-26(21)29/h3-6,18H,7-15H2,1-2H3. The Bertz CT molecular complexity index is 986. The number of carbonyl (C=O) groups is 2. The Morgan fingerprint density at radius 1 is 0.906 bits per heavy atom. The van der Waals surface area contributed by atoms with Crippen LogP contribution in [0.5, 0.6) is 0 Å². The number of hydrogen-bond donors (Lipinski definition) is 0. The lowest BCUT2D eigenvalue weighted by atomic mass is 9.95. The van der Waals surface area contributed by atoms with Gasteiger partial charge >= 0.3 is 11.9 Å². The van der Waals surface area contributed by atoms with Crippen molar-refractivity contribution >= 4 is 23.7 Å². The van der Waals surface area contributed by atoms with Crippen molar-refractivity contribution in [3.8, 4) is 0 Å². The molecular weight excluding hydrogens is 422 g/mol. The zero-order valence-corrected chi connectivity index (χ0v) is 19.6. The Labute approximate surface area is 193 Å². The van der Waals surface area contributed by atoms with E-state index in [2.05, 4.69) is 30.9 Å². The summed E-state index contributed by atoms with van der Waals surface area (Å²) in [5, 5.41) is 0. The second kappa shape index (κ2) is 8.91. The van der Waals surface area contributed by atoms with Gasteiger partial charge in [0.2, 0.25) is 0 Å². The summed E-state index contributed by atoms with van der Waals surface area (Å²) in [6.07, 6.45) is 3.47. The number of thioether (sulfide) groups is 1. The normalized spacial score (nSPS) is 18.4. The first-order valence-corrected chi connectivity index (χ1v) is 12.4. The molecule has 0 radical (unpaired) electrons. The van der Waals surface area contributed by atoms with Crippen LogP contribution in [-0.4, -0.2) is 42.2 Å². The Hall–Kier alpha value is -2.31. The molecule has 6 heteroatoms. The van der Waals surface area contributed by atoms with Crippen molar-refractivity contribution in [3.63, 3.8) is 0 Å². The highest BCUT2D eigenvalue weighted by Gasteiger charge is 2.26. The molecule has 0 saturated carbocycles. The molecule has 2 aromatic carbocycles. The highest BCUT2D eigenvalue weighted by atomic mass is 32.2. The van der Waals surface area contributed by atoms with E-state index in [1.807, 2.05) is 23.9 Å². The number of benzene rings is 2. The van der Waals surface area contributed by atoms with Crippen LogP contribution in [0.4, 0.5) is 0 Å². The van der Waals surface area contributed by atoms with Crippen LogP contribution in [0.15, 0.2) is 29.2 Å². The minimum Gasteiger partial charge on any atom is -0.457 e. The number of esters is 2. The van der Waals surface area contributed by atoms with Crippen molar-refractivity contribution < 1.29 is 19.1 Å². The lowest BCUT2D eigenvalue weighted by Gasteiger charge is -2.32. The van der Waals surface area contributed by atoms with Crippen molar-refractivity contribution in [2.24, 2.45) is 5.92 Å². The first-order valence-electron chi connectivity index (χ1n) is 11.4. The molecule has 168 valence electrons. The summed E-state index contributed by atoms with van der Waals surface area (Å²) in [4.78, 5) is 27.3. The number of likely N-dealkylation sites (tertiary alicyclic amines) is 1. The number of fused-ring (bicyclic) bond motifs is 2. The molecule has 3 heterocycles. The van der Waals surface area contributed by atoms with E-state index in [1.165, 1.54) is 34.4 Å². The molecule has 0 aliphatic carbocycles. The average Bonchev–Trinajstić information content (AvgIpc) is 3.37. The minimum atomic E-state index is -0.191. The van der Waals surface area contributed by atoms with Crippen molar-refractivity contribution in [1.82, 2.24) is 4.90 Å². The minimum absolute atomic E-state index is 0.188. The predicted octanol–water partition coefficient (Wildman–Crippen LogP) is 4.69. The fourth-order valence-electron chi connectivity index (χ4n) is 5.02. The van der Waals surface area contributed by atoms with Gasteiger partial charge in [0.15, 0.2) is 0 Å². The summed E-state index contributed by atoms with van der Waals surface area (Å²) in [7, 11) is 0. The van der Waals surface area contributed by atoms with E-state index in [9.17, 15) is 9.59 Å². The third-order valence-corrected chi connectivity index (χ3v) is 8.66. The molecular formula is C26H29NO4S. The van der Waals surface area contributed by atoms with Crippen LogP contribution in [0, 0.1) is 19.8 Å². The van der Waals surface area contributed by atoms with Gasteiger partial charge in [0, 0.05) is 28.3 Å². The van der Waals surface area contributed by atoms with Gasteiger partial charge in [0.25, 0.3) is 0 Å². The molecule has 0 unspecified atom stereocenters. The summed E-state index contributed by atoms with van der Waals surface area (Å²) >= 11 is 1.92. The van der Waals surface area contributed by atoms with Crippen LogP contribution in [-0.2, 0) is 29.1 Å². The van der Waals surface area contributed by atoms with Gasteiger partial charge in [-0.1, -0.05) is 6.07 Å². The molecule has 0 amide bonds. The van der Waals surface area contributed by atoms with E-state index in [0.717, 1.165) is 60.0 Å². The number of carbonyl (C=O) groups excluding carboxylic acids is 2. The third kappa shape index (κ3) is 4.06. The van der Waals surface area contributed by atoms with Crippen molar-refractivity contribution in [2.45, 2.75) is 51.2 Å². The molecule has 32 heavy (non-hydrogen) atoms. The van der Waals surface area contributed by atoms with E-state index in [1.54, 1.807) is 0 Å². The second-order valence-corrected chi connectivity index (χ2v) is 10.2. The molecule has 3 aliphatic rings. The van der Waals surface area contributed by atoms with Gasteiger partial charge in [0.1, 0.15) is 13.2 Å². The van der Waals surface area contributed by atoms with Crippen LogP contribution in [0.25, 0.3) is 0 Å². The number of rotatable bonds is 6. The topological polar surface area (TPSA) is 55.8 Å². The molecule has 5 rings (SSSR count). The SMILES string of the molecule is Cc1c(CCN2CCC(CSc3ccc4c(c3C)COC4=O)CC2)ccc2c1COC2=O. The quantitative estimate of drug-likeness (QED) is 0.469. The number of nitrogens with zero attached hydrogens (tertiary/aromatic N) is 1. The number of ether oxygens (including phenoxy) is 2. The highest BCUT2D eigenvalue weighted by molar-refractivity contribution is 7.99. The fraction of sp³-hybridized carbons (Fsp3) is 0.462. The van der Waals surface area contributed by atoms with Crippen molar-refractivity contribution in [3.05, 3.63) is 63.2 Å². The summed E-state index contributed by atoms with van der Waals surface area (Å²) in [6, 6.07) is 8.03. The average molecular weight is 452 g/mol. The van der Waals surface area contributed by atoms with Crippen LogP contribution < -0.4 is 0 Å². The molecule has 0 N–H and O–H groups in total. The largest absolute Gasteiger partial charge is 0.457 e. The molecule has 2 aromatic rings. The zero-order chi connectivity index (χ0) is 22.2. The maximum absolute atomic E-state index is 11.7. The van der Waals surface area contributed by atoms with Crippen LogP contribution in [0.2, 0.25) is 0 Å². The van der Waals surface area contributed by atoms with Crippen molar-refractivity contribution in [1.29, 1.82) is 0 Å². The highest BCUT2D eigenvalue weighted by Crippen LogP contribution is 2.34. The van der Waals surface area contributed by atoms with E-state index in [-0.39, 0.29) is 11.9 Å². The molecule has 0 spiro atoms. The lowest BCUT2D eigenvalue weighted by Crippen LogP contribution is -2.35. The molecule has 0 bridgehead atoms. The molecule has 0 aromatic heterocycles. The van der Waals surface area contributed by atoms with Gasteiger partial charge in [-0.3, -0.25) is 0 Å². The monoisotopic (exact) mass is 451 g/mol. The molecule has 1 fully saturated rings. The Kier molecular flexibility index (Phi) is 5.99. The lowest BCUT2D eigenvalue weighted by molar-refractivity contribution is 0.0526. The maximum atomic E-state index is 11.7. The number of piperidine rings is 1. The predicted molar refractivity (Wildman–Crippen MR) is 124 cm³/mol. The van der Waals surface area contributed by atoms with E-state index >= 15 is 0 Å². The summed E-state index contributed by atoms with van der Waals surface area (Å²) < 4.78 is 10.4. The van der Waals surface area contributed by atoms with Gasteiger partial charge in [-0.2, -0.15) is 0 Å². The maximum Gasteiger partial charge on any atom is 0.338 e. The van der Waals surface area contributed by atoms with Crippen LogP contribution >= 0.6 is 11.8 Å². The molecule has 1 saturated heterocycles. The summed E-state index contributed by atoms with van der Waals surface area (Å²) in [6.45, 7) is 8.40. The summed E-state index contributed by atoms with van der Waals surface area (Å²) in [5.41, 5.74) is 7.35. The molecule has 0 atom stereocenters. The smallest absolute Gasteiger partial charge is 0.338 e. The van der Waals surface area contributed by atoms with Gasteiger partial charge in [0.05, 0.1) is 11.1 Å². The first-order chi connectivity index (χ1) is 15.5. The van der Waals surface area contributed by atoms with Crippen molar-refractivity contribution in [2.75, 3.05) is 25.4 Å². The Morgan fingerprint density at radius 3 is 2.22 bits per heavy atom. The Balaban J connectivity index is 1.10. The van der Waals surface area contributed by atoms with Crippen LogP contribution in [0.3, 0.4) is 0 Å². The zero-order valence-electron chi connectivity index (χ0n) is 18.7. The van der Waals surface area contributed by atoms with Gasteiger partial charge in [-0.25, -0.2) is 9.59 Å². The van der Waals surface area contributed by atoms with Gasteiger partial charge in [-0.05, 0) is 87.0 Å². The van der Waals surface area contributed by atoms with Gasteiger partial charge in [-0.15, -0.1) is 11.8 Å². The Morgan fingerprint density at radius 2 is 1.53 bits per heavy atom. The fourth-order valence-corrected chi connectivity index (χ4v) is 6.27. The second-order valence-electron chi connectivity index (χ2n) is 9.09. The van der Waals surface area contributed by atoms with E-state index in [4.69, 9.17) is 9.47 Å². The van der Waals surface area contributed by atoms with Gasteiger partial charge < -0.3 is 14.4 Å². The molecule has 5 nitrogen and oxygen atoms in total. The van der Waals surface area contributed by atoms with Crippen LogP contribution in [0.1, 0.15) is 61.4 Å². The van der Waals surface area contributed by atoms with E-state index < -0.39 is 0 Å². The first kappa shape index (κ1) is 21.5. The molecule has 3 aliphatic heterocycles. The third-order valence-electron chi connectivity index (χ3n) is 7.27. The number of hydrogen-bond acceptors (Lipinski definition) is 6. The van der Waals surface area contributed by atoms with E-state index in [0.29, 0.717) is 13.2 Å². The summed E-state index contributed by atoms with van der Waals surface area (Å²) in [5.74, 6) is 1.47.